The summed E-state index contributed by atoms with van der Waals surface area (Å²) in [6.07, 6.45) is -3.03. The highest BCUT2D eigenvalue weighted by atomic mass is 19.4. The monoisotopic (exact) mass is 357 g/mol. The van der Waals surface area contributed by atoms with Gasteiger partial charge in [0.2, 0.25) is 0 Å². The summed E-state index contributed by atoms with van der Waals surface area (Å²) in [7, 11) is 0. The van der Waals surface area contributed by atoms with Crippen molar-refractivity contribution >= 4 is 5.96 Å². The van der Waals surface area contributed by atoms with Crippen LogP contribution in [0.1, 0.15) is 37.8 Å². The van der Waals surface area contributed by atoms with E-state index in [1.165, 1.54) is 12.1 Å². The van der Waals surface area contributed by atoms with Crippen LogP contribution in [0.25, 0.3) is 0 Å². The van der Waals surface area contributed by atoms with E-state index in [4.69, 9.17) is 4.74 Å². The smallest absolute Gasteiger partial charge is 0.381 e. The van der Waals surface area contributed by atoms with Gasteiger partial charge in [0.25, 0.3) is 0 Å². The van der Waals surface area contributed by atoms with Crippen LogP contribution in [0.5, 0.6) is 0 Å². The Morgan fingerprint density at radius 2 is 1.80 bits per heavy atom. The molecule has 2 rings (SSSR count). The molecule has 2 N–H and O–H groups in total. The van der Waals surface area contributed by atoms with Crippen LogP contribution in [-0.2, 0) is 16.3 Å². The molecule has 0 unspecified atom stereocenters. The number of rotatable bonds is 5. The summed E-state index contributed by atoms with van der Waals surface area (Å²) in [5.74, 6) is 0.683. The van der Waals surface area contributed by atoms with E-state index < -0.39 is 17.2 Å². The molecule has 25 heavy (non-hydrogen) atoms. The van der Waals surface area contributed by atoms with Crippen LogP contribution in [0.15, 0.2) is 29.3 Å². The van der Waals surface area contributed by atoms with Crippen molar-refractivity contribution in [1.82, 2.24) is 10.6 Å². The van der Waals surface area contributed by atoms with Crippen LogP contribution >= 0.6 is 0 Å². The summed E-state index contributed by atoms with van der Waals surface area (Å²) in [6.45, 7) is 6.89. The first-order valence-electron chi connectivity index (χ1n) is 8.69. The summed E-state index contributed by atoms with van der Waals surface area (Å²) in [4.78, 5) is 4.62. The number of alkyl halides is 3. The van der Waals surface area contributed by atoms with Crippen molar-refractivity contribution in [2.45, 2.75) is 38.3 Å². The minimum absolute atomic E-state index is 0.424. The number of guanidine groups is 1. The van der Waals surface area contributed by atoms with Gasteiger partial charge in [0.05, 0.1) is 12.1 Å². The van der Waals surface area contributed by atoms with Crippen LogP contribution in [-0.4, -0.2) is 38.8 Å². The minimum Gasteiger partial charge on any atom is -0.381 e. The van der Waals surface area contributed by atoms with E-state index in [-0.39, 0.29) is 0 Å². The Labute approximate surface area is 146 Å². The van der Waals surface area contributed by atoms with Gasteiger partial charge in [-0.15, -0.1) is 0 Å². The van der Waals surface area contributed by atoms with E-state index >= 15 is 0 Å². The highest BCUT2D eigenvalue weighted by Gasteiger charge is 2.37. The van der Waals surface area contributed by atoms with E-state index in [1.807, 2.05) is 13.8 Å². The third-order valence-corrected chi connectivity index (χ3v) is 4.48. The Bertz CT molecular complexity index is 573. The molecule has 1 aliphatic heterocycles. The molecule has 0 aliphatic carbocycles. The molecule has 0 atom stereocenters. The van der Waals surface area contributed by atoms with E-state index in [2.05, 4.69) is 15.6 Å². The zero-order valence-electron chi connectivity index (χ0n) is 14.7. The van der Waals surface area contributed by atoms with Crippen molar-refractivity contribution in [2.75, 3.05) is 32.8 Å². The fourth-order valence-electron chi connectivity index (χ4n) is 3.07. The first-order chi connectivity index (χ1) is 11.9. The van der Waals surface area contributed by atoms with Crippen LogP contribution in [0.4, 0.5) is 13.2 Å². The summed E-state index contributed by atoms with van der Waals surface area (Å²) >= 11 is 0. The van der Waals surface area contributed by atoms with Gasteiger partial charge in [0, 0.05) is 31.7 Å². The fraction of sp³-hybridized carbons (Fsp3) is 0.611. The molecule has 1 saturated heterocycles. The molecule has 0 bridgehead atoms. The molecular formula is C18H26F3N3O. The maximum absolute atomic E-state index is 13.1. The maximum atomic E-state index is 13.1. The third kappa shape index (κ3) is 5.11. The van der Waals surface area contributed by atoms with Gasteiger partial charge in [0.1, 0.15) is 0 Å². The average Bonchev–Trinajstić information content (AvgIpc) is 2.60. The molecule has 0 radical (unpaired) electrons. The molecule has 1 heterocycles. The molecule has 0 amide bonds. The first-order valence-corrected chi connectivity index (χ1v) is 8.69. The Kier molecular flexibility index (Phi) is 6.70. The van der Waals surface area contributed by atoms with Crippen molar-refractivity contribution in [1.29, 1.82) is 0 Å². The van der Waals surface area contributed by atoms with Gasteiger partial charge in [-0.05, 0) is 38.3 Å². The van der Waals surface area contributed by atoms with Crippen molar-refractivity contribution in [3.63, 3.8) is 0 Å². The topological polar surface area (TPSA) is 45.7 Å². The zero-order chi connectivity index (χ0) is 18.3. The molecule has 0 saturated carbocycles. The summed E-state index contributed by atoms with van der Waals surface area (Å²) in [5.41, 5.74) is -0.365. The maximum Gasteiger partial charge on any atom is 0.416 e. The van der Waals surface area contributed by atoms with Gasteiger partial charge in [0.15, 0.2) is 5.96 Å². The number of nitrogens with zero attached hydrogens (tertiary/aromatic N) is 1. The molecule has 7 heteroatoms. The fourth-order valence-corrected chi connectivity index (χ4v) is 3.07. The Hall–Kier alpha value is -1.76. The van der Waals surface area contributed by atoms with Crippen molar-refractivity contribution in [2.24, 2.45) is 4.99 Å². The molecule has 4 nitrogen and oxygen atoms in total. The number of nitrogens with one attached hydrogen (secondary N) is 2. The predicted molar refractivity (Wildman–Crippen MR) is 92.8 cm³/mol. The predicted octanol–water partition coefficient (Wildman–Crippen LogP) is 3.33. The number of aliphatic imine (C=N–C) groups is 1. The standard InChI is InChI=1S/C18H26F3N3O/c1-3-22-16(23-4-2)24-13-17(8-10-25-11-9-17)14-6-5-7-15(12-14)18(19,20)21/h5-7,12H,3-4,8-11,13H2,1-2H3,(H2,22,23,24). The number of benzene rings is 1. The first kappa shape index (κ1) is 19.6. The van der Waals surface area contributed by atoms with Crippen molar-refractivity contribution < 1.29 is 17.9 Å². The lowest BCUT2D eigenvalue weighted by atomic mass is 9.74. The van der Waals surface area contributed by atoms with Crippen LogP contribution in [0.3, 0.4) is 0 Å². The quantitative estimate of drug-likeness (QED) is 0.628. The number of ether oxygens (including phenoxy) is 1. The molecule has 140 valence electrons. The molecule has 1 aromatic rings. The largest absolute Gasteiger partial charge is 0.416 e. The Morgan fingerprint density at radius 3 is 2.36 bits per heavy atom. The lowest BCUT2D eigenvalue weighted by molar-refractivity contribution is -0.137. The Morgan fingerprint density at radius 1 is 1.16 bits per heavy atom. The SMILES string of the molecule is CCNC(=NCC1(c2cccc(C(F)(F)F)c2)CCOCC1)NCC. The highest BCUT2D eigenvalue weighted by molar-refractivity contribution is 5.79. The second-order valence-electron chi connectivity index (χ2n) is 6.20. The number of halogens is 3. The summed E-state index contributed by atoms with van der Waals surface area (Å²) < 4.78 is 44.8. The molecule has 1 fully saturated rings. The van der Waals surface area contributed by atoms with Crippen LogP contribution in [0.2, 0.25) is 0 Å². The van der Waals surface area contributed by atoms with Crippen molar-refractivity contribution in [3.05, 3.63) is 35.4 Å². The van der Waals surface area contributed by atoms with Gasteiger partial charge >= 0.3 is 6.18 Å². The number of hydrogen-bond donors (Lipinski definition) is 2. The normalized spacial score (nSPS) is 17.0. The van der Waals surface area contributed by atoms with Gasteiger partial charge in [-0.25, -0.2) is 0 Å². The van der Waals surface area contributed by atoms with E-state index in [1.54, 1.807) is 6.07 Å². The molecular weight excluding hydrogens is 331 g/mol. The third-order valence-electron chi connectivity index (χ3n) is 4.48. The molecule has 1 aliphatic rings. The van der Waals surface area contributed by atoms with Gasteiger partial charge < -0.3 is 15.4 Å². The second kappa shape index (κ2) is 8.56. The van der Waals surface area contributed by atoms with E-state index in [0.29, 0.717) is 44.1 Å². The molecule has 1 aromatic carbocycles. The Balaban J connectivity index is 2.33. The highest BCUT2D eigenvalue weighted by Crippen LogP contribution is 2.38. The lowest BCUT2D eigenvalue weighted by Gasteiger charge is -2.37. The van der Waals surface area contributed by atoms with Crippen LogP contribution in [0, 0.1) is 0 Å². The van der Waals surface area contributed by atoms with Gasteiger partial charge in [-0.2, -0.15) is 13.2 Å². The lowest BCUT2D eigenvalue weighted by Crippen LogP contribution is -2.41. The van der Waals surface area contributed by atoms with Gasteiger partial charge in [-0.3, -0.25) is 4.99 Å². The molecule has 0 spiro atoms. The van der Waals surface area contributed by atoms with E-state index in [9.17, 15) is 13.2 Å². The molecule has 0 aromatic heterocycles. The second-order valence-corrected chi connectivity index (χ2v) is 6.20. The summed E-state index contributed by atoms with van der Waals surface area (Å²) in [5, 5.41) is 6.31. The number of hydrogen-bond acceptors (Lipinski definition) is 2. The summed E-state index contributed by atoms with van der Waals surface area (Å²) in [6, 6.07) is 5.63. The zero-order valence-corrected chi connectivity index (χ0v) is 14.7. The van der Waals surface area contributed by atoms with Crippen molar-refractivity contribution in [3.8, 4) is 0 Å². The minimum atomic E-state index is -4.34. The van der Waals surface area contributed by atoms with Crippen LogP contribution < -0.4 is 10.6 Å². The average molecular weight is 357 g/mol. The van der Waals surface area contributed by atoms with E-state index in [0.717, 1.165) is 19.2 Å². The van der Waals surface area contributed by atoms with Gasteiger partial charge in [-0.1, -0.05) is 18.2 Å².